The molecule has 0 aliphatic heterocycles. The molecule has 21 heavy (non-hydrogen) atoms. The number of nitrogens with one attached hydrogen (secondary N) is 1. The van der Waals surface area contributed by atoms with Crippen LogP contribution in [0.4, 0.5) is 0 Å². The predicted molar refractivity (Wildman–Crippen MR) is 89.3 cm³/mol. The SMILES string of the molecule is Cc1cc(C)cc(CSCC(C#N)(NC2CC2)C2CC2)c1. The Morgan fingerprint density at radius 3 is 2.38 bits per heavy atom. The smallest absolute Gasteiger partial charge is 0.118 e. The molecule has 3 heteroatoms. The maximum Gasteiger partial charge on any atom is 0.118 e. The van der Waals surface area contributed by atoms with Gasteiger partial charge >= 0.3 is 0 Å². The van der Waals surface area contributed by atoms with Crippen molar-refractivity contribution < 1.29 is 0 Å². The maximum atomic E-state index is 9.72. The highest BCUT2D eigenvalue weighted by Crippen LogP contribution is 2.43. The molecule has 2 fully saturated rings. The molecule has 1 unspecified atom stereocenters. The lowest BCUT2D eigenvalue weighted by atomic mass is 9.97. The van der Waals surface area contributed by atoms with Gasteiger partial charge in [0, 0.05) is 17.5 Å². The monoisotopic (exact) mass is 300 g/mol. The minimum Gasteiger partial charge on any atom is -0.296 e. The Morgan fingerprint density at radius 1 is 1.19 bits per heavy atom. The van der Waals surface area contributed by atoms with E-state index in [1.807, 2.05) is 11.8 Å². The summed E-state index contributed by atoms with van der Waals surface area (Å²) in [7, 11) is 0. The molecule has 1 aromatic rings. The van der Waals surface area contributed by atoms with E-state index in [1.165, 1.54) is 42.4 Å². The molecule has 0 aromatic heterocycles. The summed E-state index contributed by atoms with van der Waals surface area (Å²) < 4.78 is 0. The second-order valence-corrected chi connectivity index (χ2v) is 7.75. The highest BCUT2D eigenvalue weighted by Gasteiger charge is 2.47. The molecule has 0 radical (unpaired) electrons. The predicted octanol–water partition coefficient (Wildman–Crippen LogP) is 3.96. The van der Waals surface area contributed by atoms with Crippen LogP contribution < -0.4 is 5.32 Å². The Hall–Kier alpha value is -0.980. The third kappa shape index (κ3) is 3.81. The van der Waals surface area contributed by atoms with Gasteiger partial charge in [-0.1, -0.05) is 29.3 Å². The van der Waals surface area contributed by atoms with Gasteiger partial charge < -0.3 is 0 Å². The second-order valence-electron chi connectivity index (χ2n) is 6.76. The Morgan fingerprint density at radius 2 is 1.86 bits per heavy atom. The van der Waals surface area contributed by atoms with Crippen molar-refractivity contribution in [2.75, 3.05) is 5.75 Å². The molecule has 2 saturated carbocycles. The third-order valence-electron chi connectivity index (χ3n) is 4.39. The number of rotatable bonds is 7. The zero-order valence-corrected chi connectivity index (χ0v) is 13.8. The van der Waals surface area contributed by atoms with E-state index in [0.717, 1.165) is 11.5 Å². The lowest BCUT2D eigenvalue weighted by Gasteiger charge is -2.28. The van der Waals surface area contributed by atoms with Crippen molar-refractivity contribution in [2.24, 2.45) is 5.92 Å². The second kappa shape index (κ2) is 6.02. The van der Waals surface area contributed by atoms with Crippen molar-refractivity contribution >= 4 is 11.8 Å². The van der Waals surface area contributed by atoms with Crippen LogP contribution in [0.5, 0.6) is 0 Å². The highest BCUT2D eigenvalue weighted by molar-refractivity contribution is 7.98. The van der Waals surface area contributed by atoms with E-state index in [-0.39, 0.29) is 5.54 Å². The number of thioether (sulfide) groups is 1. The molecule has 0 saturated heterocycles. The first-order valence-corrected chi connectivity index (χ1v) is 9.11. The van der Waals surface area contributed by atoms with Gasteiger partial charge in [0.1, 0.15) is 5.54 Å². The number of hydrogen-bond acceptors (Lipinski definition) is 3. The molecule has 2 nitrogen and oxygen atoms in total. The van der Waals surface area contributed by atoms with Crippen molar-refractivity contribution in [2.45, 2.75) is 56.9 Å². The van der Waals surface area contributed by atoms with E-state index in [9.17, 15) is 5.26 Å². The first-order valence-electron chi connectivity index (χ1n) is 7.95. The average Bonchev–Trinajstić information content (AvgIpc) is 3.29. The topological polar surface area (TPSA) is 35.8 Å². The summed E-state index contributed by atoms with van der Waals surface area (Å²) in [4.78, 5) is 0. The molecule has 0 amide bonds. The summed E-state index contributed by atoms with van der Waals surface area (Å²) in [5.74, 6) is 2.50. The molecule has 2 aliphatic carbocycles. The van der Waals surface area contributed by atoms with Gasteiger partial charge in [-0.15, -0.1) is 0 Å². The summed E-state index contributed by atoms with van der Waals surface area (Å²) in [5.41, 5.74) is 3.77. The van der Waals surface area contributed by atoms with Crippen LogP contribution >= 0.6 is 11.8 Å². The van der Waals surface area contributed by atoms with Crippen molar-refractivity contribution in [3.63, 3.8) is 0 Å². The van der Waals surface area contributed by atoms with Crippen LogP contribution in [0, 0.1) is 31.1 Å². The van der Waals surface area contributed by atoms with E-state index in [2.05, 4.69) is 43.4 Å². The van der Waals surface area contributed by atoms with Crippen molar-refractivity contribution in [1.82, 2.24) is 5.32 Å². The van der Waals surface area contributed by atoms with Crippen LogP contribution in [-0.4, -0.2) is 17.3 Å². The molecular formula is C18H24N2S. The van der Waals surface area contributed by atoms with Crippen LogP contribution in [0.1, 0.15) is 42.4 Å². The minimum absolute atomic E-state index is 0.273. The Labute approximate surface area is 132 Å². The molecule has 112 valence electrons. The van der Waals surface area contributed by atoms with Gasteiger partial charge in [0.25, 0.3) is 0 Å². The first kappa shape index (κ1) is 14.9. The third-order valence-corrected chi connectivity index (χ3v) is 5.59. The van der Waals surface area contributed by atoms with Gasteiger partial charge in [0.2, 0.25) is 0 Å². The van der Waals surface area contributed by atoms with Gasteiger partial charge in [-0.05, 0) is 51.0 Å². The van der Waals surface area contributed by atoms with E-state index < -0.39 is 0 Å². The Balaban J connectivity index is 1.60. The summed E-state index contributed by atoms with van der Waals surface area (Å²) in [6.45, 7) is 4.30. The van der Waals surface area contributed by atoms with E-state index >= 15 is 0 Å². The number of benzene rings is 1. The fourth-order valence-corrected chi connectivity index (χ4v) is 4.29. The number of nitrogens with zero attached hydrogens (tertiary/aromatic N) is 1. The minimum atomic E-state index is -0.273. The molecular weight excluding hydrogens is 276 g/mol. The van der Waals surface area contributed by atoms with Crippen LogP contribution in [0.15, 0.2) is 18.2 Å². The van der Waals surface area contributed by atoms with Gasteiger partial charge in [-0.25, -0.2) is 0 Å². The molecule has 0 heterocycles. The summed E-state index contributed by atoms with van der Waals surface area (Å²) >= 11 is 1.91. The fraction of sp³-hybridized carbons (Fsp3) is 0.611. The molecule has 3 rings (SSSR count). The number of aryl methyl sites for hydroxylation is 2. The Bertz CT molecular complexity index is 535. The quantitative estimate of drug-likeness (QED) is 0.828. The Kier molecular flexibility index (Phi) is 4.28. The fourth-order valence-electron chi connectivity index (χ4n) is 3.08. The zero-order chi connectivity index (χ0) is 14.9. The molecule has 0 bridgehead atoms. The standard InChI is InChI=1S/C18H24N2S/c1-13-7-14(2)9-15(8-13)10-21-12-18(11-19,16-3-4-16)20-17-5-6-17/h7-9,16-17,20H,3-6,10,12H2,1-2H3. The van der Waals surface area contributed by atoms with E-state index in [1.54, 1.807) is 0 Å². The van der Waals surface area contributed by atoms with Gasteiger partial charge in [0.05, 0.1) is 6.07 Å². The average molecular weight is 300 g/mol. The number of hydrogen-bond donors (Lipinski definition) is 1. The molecule has 1 N–H and O–H groups in total. The van der Waals surface area contributed by atoms with Gasteiger partial charge in [-0.2, -0.15) is 17.0 Å². The zero-order valence-electron chi connectivity index (χ0n) is 13.0. The lowest BCUT2D eigenvalue weighted by Crippen LogP contribution is -2.49. The first-order chi connectivity index (χ1) is 10.1. The van der Waals surface area contributed by atoms with Crippen LogP contribution in [-0.2, 0) is 5.75 Å². The van der Waals surface area contributed by atoms with Crippen molar-refractivity contribution in [3.8, 4) is 6.07 Å². The van der Waals surface area contributed by atoms with Gasteiger partial charge in [0.15, 0.2) is 0 Å². The summed E-state index contributed by atoms with van der Waals surface area (Å²) in [6, 6.07) is 9.97. The highest BCUT2D eigenvalue weighted by atomic mass is 32.2. The van der Waals surface area contributed by atoms with Crippen molar-refractivity contribution in [1.29, 1.82) is 5.26 Å². The largest absolute Gasteiger partial charge is 0.296 e. The normalized spacial score (nSPS) is 20.8. The van der Waals surface area contributed by atoms with E-state index in [4.69, 9.17) is 0 Å². The number of nitriles is 1. The van der Waals surface area contributed by atoms with Crippen LogP contribution in [0.2, 0.25) is 0 Å². The van der Waals surface area contributed by atoms with Crippen LogP contribution in [0.3, 0.4) is 0 Å². The lowest BCUT2D eigenvalue weighted by molar-refractivity contribution is 0.401. The molecule has 1 atom stereocenters. The van der Waals surface area contributed by atoms with E-state index in [0.29, 0.717) is 12.0 Å². The van der Waals surface area contributed by atoms with Crippen molar-refractivity contribution in [3.05, 3.63) is 34.9 Å². The molecule has 1 aromatic carbocycles. The van der Waals surface area contributed by atoms with Crippen LogP contribution in [0.25, 0.3) is 0 Å². The molecule has 0 spiro atoms. The maximum absolute atomic E-state index is 9.72. The van der Waals surface area contributed by atoms with Gasteiger partial charge in [-0.3, -0.25) is 5.32 Å². The summed E-state index contributed by atoms with van der Waals surface area (Å²) in [5, 5.41) is 13.4. The molecule has 2 aliphatic rings. The summed E-state index contributed by atoms with van der Waals surface area (Å²) in [6.07, 6.45) is 4.94.